The SMILES string of the molecule is O=C1CCCN1CCN1CC[C@@]2(S(=O)(=O)c3ccccc3)c3ccc(OCc4c(Cl)cccc4Cl)cc3CC[C@@H]12. The van der Waals surface area contributed by atoms with E-state index in [2.05, 4.69) is 4.90 Å². The summed E-state index contributed by atoms with van der Waals surface area (Å²) in [5.74, 6) is 0.852. The molecule has 2 heterocycles. The molecule has 0 N–H and O–H groups in total. The summed E-state index contributed by atoms with van der Waals surface area (Å²) in [5.41, 5.74) is 2.57. The normalized spacial score (nSPS) is 22.8. The minimum absolute atomic E-state index is 0.170. The van der Waals surface area contributed by atoms with Crippen LogP contribution in [-0.4, -0.2) is 56.3 Å². The van der Waals surface area contributed by atoms with Gasteiger partial charge in [0, 0.05) is 54.3 Å². The maximum atomic E-state index is 14.5. The van der Waals surface area contributed by atoms with E-state index >= 15 is 0 Å². The van der Waals surface area contributed by atoms with Gasteiger partial charge < -0.3 is 9.64 Å². The number of likely N-dealkylation sites (tertiary alicyclic amines) is 2. The first-order chi connectivity index (χ1) is 19.3. The molecule has 3 aromatic rings. The summed E-state index contributed by atoms with van der Waals surface area (Å²) in [6, 6.07) is 19.8. The van der Waals surface area contributed by atoms with Crippen molar-refractivity contribution in [1.29, 1.82) is 0 Å². The maximum absolute atomic E-state index is 14.5. The van der Waals surface area contributed by atoms with Crippen LogP contribution in [0.5, 0.6) is 5.75 Å². The number of rotatable bonds is 8. The zero-order valence-electron chi connectivity index (χ0n) is 22.2. The molecule has 210 valence electrons. The van der Waals surface area contributed by atoms with Crippen LogP contribution in [0, 0.1) is 0 Å². The number of hydrogen-bond acceptors (Lipinski definition) is 5. The van der Waals surface area contributed by atoms with Crippen molar-refractivity contribution in [2.75, 3.05) is 26.2 Å². The Morgan fingerprint density at radius 1 is 0.925 bits per heavy atom. The van der Waals surface area contributed by atoms with Crippen LogP contribution in [0.4, 0.5) is 0 Å². The summed E-state index contributed by atoms with van der Waals surface area (Å²) in [6.07, 6.45) is 3.47. The van der Waals surface area contributed by atoms with Gasteiger partial charge in [0.05, 0.1) is 4.90 Å². The molecule has 0 saturated carbocycles. The topological polar surface area (TPSA) is 66.9 Å². The predicted molar refractivity (Wildman–Crippen MR) is 157 cm³/mol. The van der Waals surface area contributed by atoms with E-state index in [-0.39, 0.29) is 18.6 Å². The van der Waals surface area contributed by atoms with Gasteiger partial charge in [-0.3, -0.25) is 9.69 Å². The third kappa shape index (κ3) is 4.71. The maximum Gasteiger partial charge on any atom is 0.222 e. The Morgan fingerprint density at radius 2 is 1.70 bits per heavy atom. The molecule has 2 aliphatic heterocycles. The monoisotopic (exact) mass is 598 g/mol. The van der Waals surface area contributed by atoms with E-state index in [1.807, 2.05) is 29.2 Å². The summed E-state index contributed by atoms with van der Waals surface area (Å²) < 4.78 is 34.1. The fourth-order valence-corrected chi connectivity index (χ4v) is 9.70. The van der Waals surface area contributed by atoms with Gasteiger partial charge in [-0.15, -0.1) is 0 Å². The molecule has 2 atom stereocenters. The molecular weight excluding hydrogens is 567 g/mol. The number of carbonyl (C=O) groups is 1. The Morgan fingerprint density at radius 3 is 2.42 bits per heavy atom. The highest BCUT2D eigenvalue weighted by Crippen LogP contribution is 2.53. The van der Waals surface area contributed by atoms with Crippen LogP contribution in [0.2, 0.25) is 10.0 Å². The van der Waals surface area contributed by atoms with Crippen LogP contribution < -0.4 is 4.74 Å². The second kappa shape index (κ2) is 11.0. The molecule has 6 rings (SSSR count). The zero-order valence-corrected chi connectivity index (χ0v) is 24.5. The van der Waals surface area contributed by atoms with Crippen molar-refractivity contribution in [2.45, 2.75) is 54.4 Å². The highest BCUT2D eigenvalue weighted by Gasteiger charge is 2.59. The van der Waals surface area contributed by atoms with Crippen LogP contribution in [0.15, 0.2) is 71.6 Å². The molecule has 0 spiro atoms. The third-order valence-electron chi connectivity index (χ3n) is 8.78. The standard InChI is InChI=1S/C31H32Cl2N2O4S/c32-27-8-4-9-28(33)25(27)21-39-23-12-13-26-22(20-23)11-14-29-31(26,40(37,38)24-6-2-1-3-7-24)15-17-34(29)18-19-35-16-5-10-30(35)36/h1-4,6-9,12-13,20,29H,5,10-11,14-19,21H2/t29-,31-/m1/s1. The molecule has 0 radical (unpaired) electrons. The average Bonchev–Trinajstić information content (AvgIpc) is 3.55. The first-order valence-electron chi connectivity index (χ1n) is 13.8. The van der Waals surface area contributed by atoms with E-state index in [0.717, 1.165) is 36.1 Å². The van der Waals surface area contributed by atoms with Crippen molar-refractivity contribution in [3.05, 3.63) is 93.5 Å². The first-order valence-corrected chi connectivity index (χ1v) is 16.1. The van der Waals surface area contributed by atoms with Crippen molar-refractivity contribution in [3.63, 3.8) is 0 Å². The summed E-state index contributed by atoms with van der Waals surface area (Å²) >= 11 is 12.7. The fraction of sp³-hybridized carbons (Fsp3) is 0.387. The quantitative estimate of drug-likeness (QED) is 0.324. The van der Waals surface area contributed by atoms with Gasteiger partial charge >= 0.3 is 0 Å². The van der Waals surface area contributed by atoms with E-state index < -0.39 is 14.6 Å². The van der Waals surface area contributed by atoms with E-state index in [9.17, 15) is 13.2 Å². The van der Waals surface area contributed by atoms with Crippen molar-refractivity contribution in [1.82, 2.24) is 9.80 Å². The van der Waals surface area contributed by atoms with Crippen LogP contribution in [0.3, 0.4) is 0 Å². The molecule has 3 aromatic carbocycles. The fourth-order valence-electron chi connectivity index (χ4n) is 6.78. The highest BCUT2D eigenvalue weighted by atomic mass is 35.5. The van der Waals surface area contributed by atoms with Crippen LogP contribution >= 0.6 is 23.2 Å². The molecule has 6 nitrogen and oxygen atoms in total. The molecular formula is C31H32Cl2N2O4S. The van der Waals surface area contributed by atoms with Gasteiger partial charge in [0.25, 0.3) is 0 Å². The number of halogens is 2. The van der Waals surface area contributed by atoms with Gasteiger partial charge in [-0.05, 0) is 73.2 Å². The Kier molecular flexibility index (Phi) is 7.59. The van der Waals surface area contributed by atoms with Crippen LogP contribution in [-0.2, 0) is 32.4 Å². The lowest BCUT2D eigenvalue weighted by atomic mass is 9.78. The lowest BCUT2D eigenvalue weighted by Gasteiger charge is -2.43. The molecule has 3 aliphatic rings. The summed E-state index contributed by atoms with van der Waals surface area (Å²) in [6.45, 7) is 2.99. The van der Waals surface area contributed by atoms with Gasteiger partial charge in [0.15, 0.2) is 9.84 Å². The second-order valence-electron chi connectivity index (χ2n) is 10.8. The number of ether oxygens (including phenoxy) is 1. The molecule has 0 unspecified atom stereocenters. The summed E-state index contributed by atoms with van der Waals surface area (Å²) in [7, 11) is -3.73. The minimum Gasteiger partial charge on any atom is -0.489 e. The van der Waals surface area contributed by atoms with E-state index in [1.165, 1.54) is 0 Å². The Balaban J connectivity index is 1.33. The molecule has 2 saturated heterocycles. The molecule has 1 aliphatic carbocycles. The number of benzene rings is 3. The lowest BCUT2D eigenvalue weighted by molar-refractivity contribution is -0.127. The van der Waals surface area contributed by atoms with E-state index in [0.29, 0.717) is 59.6 Å². The van der Waals surface area contributed by atoms with Crippen molar-refractivity contribution < 1.29 is 17.9 Å². The van der Waals surface area contributed by atoms with Gasteiger partial charge in [-0.25, -0.2) is 8.42 Å². The van der Waals surface area contributed by atoms with Gasteiger partial charge in [0.2, 0.25) is 5.91 Å². The van der Waals surface area contributed by atoms with Crippen LogP contribution in [0.25, 0.3) is 0 Å². The number of carbonyl (C=O) groups excluding carboxylic acids is 1. The molecule has 2 fully saturated rings. The number of sulfone groups is 1. The average molecular weight is 600 g/mol. The van der Waals surface area contributed by atoms with E-state index in [1.54, 1.807) is 42.5 Å². The zero-order chi connectivity index (χ0) is 27.9. The van der Waals surface area contributed by atoms with Crippen molar-refractivity contribution in [3.8, 4) is 5.75 Å². The summed E-state index contributed by atoms with van der Waals surface area (Å²) in [5, 5.41) is 1.09. The minimum atomic E-state index is -3.73. The van der Waals surface area contributed by atoms with Gasteiger partial charge in [-0.2, -0.15) is 0 Å². The van der Waals surface area contributed by atoms with E-state index in [4.69, 9.17) is 27.9 Å². The lowest BCUT2D eigenvalue weighted by Crippen LogP contribution is -2.51. The number of fused-ring (bicyclic) bond motifs is 3. The number of aryl methyl sites for hydroxylation is 1. The molecule has 0 bridgehead atoms. The number of nitrogens with zero attached hydrogens (tertiary/aromatic N) is 2. The molecule has 40 heavy (non-hydrogen) atoms. The predicted octanol–water partition coefficient (Wildman–Crippen LogP) is 5.88. The molecule has 9 heteroatoms. The third-order valence-corrected chi connectivity index (χ3v) is 12.0. The largest absolute Gasteiger partial charge is 0.489 e. The Hall–Kier alpha value is -2.58. The van der Waals surface area contributed by atoms with Crippen molar-refractivity contribution in [2.24, 2.45) is 0 Å². The first kappa shape index (κ1) is 27.6. The highest BCUT2D eigenvalue weighted by molar-refractivity contribution is 7.92. The van der Waals surface area contributed by atoms with Gasteiger partial charge in [0.1, 0.15) is 17.1 Å². The smallest absolute Gasteiger partial charge is 0.222 e. The van der Waals surface area contributed by atoms with Crippen LogP contribution in [0.1, 0.15) is 42.4 Å². The summed E-state index contributed by atoms with van der Waals surface area (Å²) in [4.78, 5) is 16.8. The molecule has 1 amide bonds. The number of amides is 1. The Bertz CT molecular complexity index is 1510. The molecule has 0 aromatic heterocycles. The van der Waals surface area contributed by atoms with Crippen molar-refractivity contribution >= 4 is 38.9 Å². The Labute approximate surface area is 245 Å². The second-order valence-corrected chi connectivity index (χ2v) is 13.9. The number of hydrogen-bond donors (Lipinski definition) is 0. The van der Waals surface area contributed by atoms with Gasteiger partial charge in [-0.1, -0.05) is 53.5 Å².